The summed E-state index contributed by atoms with van der Waals surface area (Å²) in [4.78, 5) is 16.6. The third-order valence-electron chi connectivity index (χ3n) is 4.91. The van der Waals surface area contributed by atoms with Gasteiger partial charge in [0.25, 0.3) is 0 Å². The van der Waals surface area contributed by atoms with Gasteiger partial charge in [-0.1, -0.05) is 18.2 Å². The van der Waals surface area contributed by atoms with Crippen LogP contribution in [0.15, 0.2) is 42.5 Å². The first-order valence-electron chi connectivity index (χ1n) is 9.05. The number of carbonyl (C=O) groups excluding carboxylic acids is 1. The van der Waals surface area contributed by atoms with E-state index in [1.165, 1.54) is 6.07 Å². The van der Waals surface area contributed by atoms with E-state index in [9.17, 15) is 9.18 Å². The largest absolute Gasteiger partial charge is 0.497 e. The molecule has 3 rings (SSSR count). The molecule has 2 aromatic carbocycles. The highest BCUT2D eigenvalue weighted by atomic mass is 19.1. The molecule has 5 nitrogen and oxygen atoms in total. The highest BCUT2D eigenvalue weighted by Gasteiger charge is 2.22. The molecule has 0 bridgehead atoms. The highest BCUT2D eigenvalue weighted by Crippen LogP contribution is 2.25. The maximum Gasteiger partial charge on any atom is 0.227 e. The van der Waals surface area contributed by atoms with Gasteiger partial charge in [0.15, 0.2) is 0 Å². The van der Waals surface area contributed by atoms with E-state index in [2.05, 4.69) is 4.90 Å². The zero-order valence-electron chi connectivity index (χ0n) is 15.8. The van der Waals surface area contributed by atoms with Crippen LogP contribution in [0, 0.1) is 5.82 Å². The Morgan fingerprint density at radius 3 is 2.41 bits per heavy atom. The van der Waals surface area contributed by atoms with Gasteiger partial charge < -0.3 is 14.4 Å². The predicted molar refractivity (Wildman–Crippen MR) is 102 cm³/mol. The lowest BCUT2D eigenvalue weighted by Gasteiger charge is -2.35. The van der Waals surface area contributed by atoms with Gasteiger partial charge in [0.2, 0.25) is 5.91 Å². The summed E-state index contributed by atoms with van der Waals surface area (Å²) in [5, 5.41) is 0. The number of methoxy groups -OCH3 is 2. The monoisotopic (exact) mass is 372 g/mol. The Hall–Kier alpha value is -2.60. The van der Waals surface area contributed by atoms with Crippen molar-refractivity contribution in [2.75, 3.05) is 40.4 Å². The van der Waals surface area contributed by atoms with Crippen LogP contribution < -0.4 is 9.47 Å². The van der Waals surface area contributed by atoms with Gasteiger partial charge in [-0.2, -0.15) is 0 Å². The molecular weight excluding hydrogens is 347 g/mol. The first-order valence-corrected chi connectivity index (χ1v) is 9.05. The van der Waals surface area contributed by atoms with E-state index in [0.29, 0.717) is 18.7 Å². The number of amides is 1. The van der Waals surface area contributed by atoms with Crippen LogP contribution >= 0.6 is 0 Å². The summed E-state index contributed by atoms with van der Waals surface area (Å²) in [5.74, 6) is 1.27. The second-order valence-corrected chi connectivity index (χ2v) is 6.60. The van der Waals surface area contributed by atoms with Crippen molar-refractivity contribution < 1.29 is 18.7 Å². The lowest BCUT2D eigenvalue weighted by molar-refractivity contribution is -0.132. The second-order valence-electron chi connectivity index (χ2n) is 6.60. The first-order chi connectivity index (χ1) is 13.1. The Kier molecular flexibility index (Phi) is 6.29. The number of hydrogen-bond acceptors (Lipinski definition) is 4. The van der Waals surface area contributed by atoms with E-state index < -0.39 is 0 Å². The minimum absolute atomic E-state index is 0.0290. The van der Waals surface area contributed by atoms with Crippen molar-refractivity contribution in [3.63, 3.8) is 0 Å². The molecule has 0 saturated carbocycles. The molecule has 1 heterocycles. The van der Waals surface area contributed by atoms with Crippen LogP contribution in [0.1, 0.15) is 11.1 Å². The first kappa shape index (κ1) is 19.2. The van der Waals surface area contributed by atoms with Crippen molar-refractivity contribution in [1.29, 1.82) is 0 Å². The number of halogens is 1. The molecular formula is C21H25FN2O3. The summed E-state index contributed by atoms with van der Waals surface area (Å²) in [6, 6.07) is 12.2. The van der Waals surface area contributed by atoms with Crippen molar-refractivity contribution in [1.82, 2.24) is 9.80 Å². The number of hydrogen-bond donors (Lipinski definition) is 0. The molecule has 6 heteroatoms. The molecule has 0 spiro atoms. The van der Waals surface area contributed by atoms with Crippen LogP contribution in [0.3, 0.4) is 0 Å². The van der Waals surface area contributed by atoms with Crippen molar-refractivity contribution in [3.8, 4) is 11.5 Å². The van der Waals surface area contributed by atoms with Gasteiger partial charge in [-0.3, -0.25) is 9.69 Å². The second kappa shape index (κ2) is 8.86. The van der Waals surface area contributed by atoms with Crippen LogP contribution in [0.4, 0.5) is 4.39 Å². The van der Waals surface area contributed by atoms with Crippen molar-refractivity contribution in [3.05, 3.63) is 59.4 Å². The maximum atomic E-state index is 13.8. The SMILES string of the molecule is COc1ccc(OC)c(CN2CCN(C(=O)Cc3ccccc3F)CC2)c1. The van der Waals surface area contributed by atoms with Crippen molar-refractivity contribution >= 4 is 5.91 Å². The molecule has 0 radical (unpaired) electrons. The van der Waals surface area contributed by atoms with Crippen LogP contribution in [0.2, 0.25) is 0 Å². The van der Waals surface area contributed by atoms with Crippen LogP contribution in [-0.4, -0.2) is 56.1 Å². The van der Waals surface area contributed by atoms with Crippen molar-refractivity contribution in [2.45, 2.75) is 13.0 Å². The van der Waals surface area contributed by atoms with E-state index in [-0.39, 0.29) is 18.1 Å². The lowest BCUT2D eigenvalue weighted by Crippen LogP contribution is -2.48. The quantitative estimate of drug-likeness (QED) is 0.782. The highest BCUT2D eigenvalue weighted by molar-refractivity contribution is 5.79. The maximum absolute atomic E-state index is 13.8. The number of piperazine rings is 1. The van der Waals surface area contributed by atoms with Crippen molar-refractivity contribution in [2.24, 2.45) is 0 Å². The smallest absolute Gasteiger partial charge is 0.227 e. The molecule has 0 aliphatic carbocycles. The Balaban J connectivity index is 1.56. The van der Waals surface area contributed by atoms with Crippen LogP contribution in [-0.2, 0) is 17.8 Å². The number of benzene rings is 2. The zero-order valence-corrected chi connectivity index (χ0v) is 15.8. The fourth-order valence-electron chi connectivity index (χ4n) is 3.32. The topological polar surface area (TPSA) is 42.0 Å². The van der Waals surface area contributed by atoms with E-state index in [4.69, 9.17) is 9.47 Å². The minimum Gasteiger partial charge on any atom is -0.497 e. The normalized spacial score (nSPS) is 14.9. The number of ether oxygens (including phenoxy) is 2. The summed E-state index contributed by atoms with van der Waals surface area (Å²) in [6.45, 7) is 3.54. The van der Waals surface area contributed by atoms with Gasteiger partial charge >= 0.3 is 0 Å². The van der Waals surface area contributed by atoms with Crippen LogP contribution in [0.5, 0.6) is 11.5 Å². The van der Waals surface area contributed by atoms with Gasteiger partial charge in [-0.15, -0.1) is 0 Å². The molecule has 1 fully saturated rings. The average molecular weight is 372 g/mol. The lowest BCUT2D eigenvalue weighted by atomic mass is 10.1. The van der Waals surface area contributed by atoms with Gasteiger partial charge in [-0.25, -0.2) is 4.39 Å². The molecule has 0 aromatic heterocycles. The van der Waals surface area contributed by atoms with Gasteiger partial charge in [-0.05, 0) is 29.8 Å². The molecule has 0 atom stereocenters. The number of carbonyl (C=O) groups is 1. The molecule has 1 aliphatic heterocycles. The minimum atomic E-state index is -0.324. The molecule has 144 valence electrons. The average Bonchev–Trinajstić information content (AvgIpc) is 2.70. The zero-order chi connectivity index (χ0) is 19.2. The van der Waals surface area contributed by atoms with Crippen LogP contribution in [0.25, 0.3) is 0 Å². The summed E-state index contributed by atoms with van der Waals surface area (Å²) in [7, 11) is 3.30. The molecule has 0 N–H and O–H groups in total. The van der Waals surface area contributed by atoms with E-state index >= 15 is 0 Å². The number of nitrogens with zero attached hydrogens (tertiary/aromatic N) is 2. The fourth-order valence-corrected chi connectivity index (χ4v) is 3.32. The van der Waals surface area contributed by atoms with E-state index in [1.807, 2.05) is 23.1 Å². The van der Waals surface area contributed by atoms with E-state index in [0.717, 1.165) is 36.7 Å². The summed E-state index contributed by atoms with van der Waals surface area (Å²) >= 11 is 0. The predicted octanol–water partition coefficient (Wildman–Crippen LogP) is 2.73. The van der Waals surface area contributed by atoms with E-state index in [1.54, 1.807) is 32.4 Å². The molecule has 1 saturated heterocycles. The molecule has 2 aromatic rings. The van der Waals surface area contributed by atoms with Gasteiger partial charge in [0.05, 0.1) is 20.6 Å². The van der Waals surface area contributed by atoms with Gasteiger partial charge in [0.1, 0.15) is 17.3 Å². The van der Waals surface area contributed by atoms with Gasteiger partial charge in [0, 0.05) is 38.3 Å². The number of rotatable bonds is 6. The molecule has 27 heavy (non-hydrogen) atoms. The Bertz CT molecular complexity index is 789. The third kappa shape index (κ3) is 4.77. The Labute approximate surface area is 159 Å². The third-order valence-corrected chi connectivity index (χ3v) is 4.91. The summed E-state index contributed by atoms with van der Waals surface area (Å²) < 4.78 is 24.5. The Morgan fingerprint density at radius 1 is 1.00 bits per heavy atom. The molecule has 1 amide bonds. The molecule has 1 aliphatic rings. The molecule has 0 unspecified atom stereocenters. The Morgan fingerprint density at radius 2 is 1.74 bits per heavy atom. The summed E-state index contributed by atoms with van der Waals surface area (Å²) in [5.41, 5.74) is 1.51. The standard InChI is InChI=1S/C21H25FN2O3/c1-26-18-7-8-20(27-2)17(13-18)15-23-9-11-24(12-10-23)21(25)14-16-5-3-4-6-19(16)22/h3-8,13H,9-12,14-15H2,1-2H3. The fraction of sp³-hybridized carbons (Fsp3) is 0.381. The summed E-state index contributed by atoms with van der Waals surface area (Å²) in [6.07, 6.45) is 0.108.